The Morgan fingerprint density at radius 3 is 2.94 bits per heavy atom. The molecular formula is C14H21NO. The molecule has 0 aromatic heterocycles. The second-order valence-corrected chi connectivity index (χ2v) is 4.64. The zero-order chi connectivity index (χ0) is 11.5. The lowest BCUT2D eigenvalue weighted by Crippen LogP contribution is -2.16. The summed E-state index contributed by atoms with van der Waals surface area (Å²) in [5.74, 6) is 1.70. The fraction of sp³-hybridized carbons (Fsp3) is 0.571. The number of benzene rings is 1. The molecule has 0 radical (unpaired) electrons. The molecule has 1 aliphatic carbocycles. The van der Waals surface area contributed by atoms with Crippen molar-refractivity contribution in [1.82, 2.24) is 0 Å². The number of aryl methyl sites for hydroxylation is 1. The lowest BCUT2D eigenvalue weighted by atomic mass is 9.78. The molecule has 2 rings (SSSR count). The Labute approximate surface area is 97.8 Å². The third-order valence-corrected chi connectivity index (χ3v) is 3.65. The topological polar surface area (TPSA) is 35.2 Å². The zero-order valence-corrected chi connectivity index (χ0v) is 10.3. The Morgan fingerprint density at radius 2 is 2.25 bits per heavy atom. The predicted octanol–water partition coefficient (Wildman–Crippen LogP) is 2.77. The van der Waals surface area contributed by atoms with Gasteiger partial charge >= 0.3 is 0 Å². The van der Waals surface area contributed by atoms with Crippen LogP contribution < -0.4 is 10.5 Å². The minimum atomic E-state index is 0.642. The van der Waals surface area contributed by atoms with Gasteiger partial charge in [-0.05, 0) is 67.8 Å². The number of hydrogen-bond donors (Lipinski definition) is 1. The standard InChI is InChI=1S/C14H21NO/c1-10-6-7-13(16-2)12-5-3-4-11(8-9-15)14(10)12/h6-7,11H,3-5,8-9,15H2,1-2H3. The maximum absolute atomic E-state index is 5.71. The molecule has 0 saturated carbocycles. The highest BCUT2D eigenvalue weighted by Gasteiger charge is 2.23. The molecule has 2 nitrogen and oxygen atoms in total. The fourth-order valence-corrected chi connectivity index (χ4v) is 2.94. The predicted molar refractivity (Wildman–Crippen MR) is 67.1 cm³/mol. The van der Waals surface area contributed by atoms with Gasteiger partial charge in [0, 0.05) is 0 Å². The van der Waals surface area contributed by atoms with Gasteiger partial charge in [0.15, 0.2) is 0 Å². The zero-order valence-electron chi connectivity index (χ0n) is 10.3. The molecular weight excluding hydrogens is 198 g/mol. The summed E-state index contributed by atoms with van der Waals surface area (Å²) in [6.07, 6.45) is 4.79. The number of rotatable bonds is 3. The summed E-state index contributed by atoms with van der Waals surface area (Å²) in [6.45, 7) is 2.98. The quantitative estimate of drug-likeness (QED) is 0.848. The molecule has 2 N–H and O–H groups in total. The molecule has 1 aromatic rings. The molecule has 0 amide bonds. The van der Waals surface area contributed by atoms with E-state index in [-0.39, 0.29) is 0 Å². The molecule has 0 aliphatic heterocycles. The van der Waals surface area contributed by atoms with E-state index < -0.39 is 0 Å². The largest absolute Gasteiger partial charge is 0.496 e. The van der Waals surface area contributed by atoms with Crippen LogP contribution in [-0.4, -0.2) is 13.7 Å². The molecule has 0 spiro atoms. The molecule has 1 unspecified atom stereocenters. The molecule has 1 aliphatic rings. The van der Waals surface area contributed by atoms with Crippen molar-refractivity contribution in [3.05, 3.63) is 28.8 Å². The highest BCUT2D eigenvalue weighted by molar-refractivity contribution is 5.48. The minimum Gasteiger partial charge on any atom is -0.496 e. The van der Waals surface area contributed by atoms with Crippen molar-refractivity contribution in [3.8, 4) is 5.75 Å². The molecule has 1 atom stereocenters. The second kappa shape index (κ2) is 4.88. The van der Waals surface area contributed by atoms with Crippen LogP contribution in [0.1, 0.15) is 41.9 Å². The monoisotopic (exact) mass is 219 g/mol. The van der Waals surface area contributed by atoms with Crippen molar-refractivity contribution in [2.75, 3.05) is 13.7 Å². The summed E-state index contributed by atoms with van der Waals surface area (Å²) in [5, 5.41) is 0. The first-order valence-electron chi connectivity index (χ1n) is 6.14. The lowest BCUT2D eigenvalue weighted by Gasteiger charge is -2.28. The SMILES string of the molecule is COc1ccc(C)c2c1CCCC2CCN. The summed E-state index contributed by atoms with van der Waals surface area (Å²) < 4.78 is 5.46. The summed E-state index contributed by atoms with van der Waals surface area (Å²) in [5.41, 5.74) is 10.0. The molecule has 0 saturated heterocycles. The molecule has 88 valence electrons. The minimum absolute atomic E-state index is 0.642. The maximum Gasteiger partial charge on any atom is 0.122 e. The van der Waals surface area contributed by atoms with Gasteiger partial charge in [-0.3, -0.25) is 0 Å². The van der Waals surface area contributed by atoms with Gasteiger partial charge in [-0.25, -0.2) is 0 Å². The van der Waals surface area contributed by atoms with Crippen LogP contribution in [-0.2, 0) is 6.42 Å². The van der Waals surface area contributed by atoms with Crippen LogP contribution in [0.2, 0.25) is 0 Å². The molecule has 16 heavy (non-hydrogen) atoms. The molecule has 0 fully saturated rings. The van der Waals surface area contributed by atoms with Gasteiger partial charge in [-0.1, -0.05) is 6.07 Å². The average molecular weight is 219 g/mol. The van der Waals surface area contributed by atoms with Crippen LogP contribution in [0.5, 0.6) is 5.75 Å². The highest BCUT2D eigenvalue weighted by Crippen LogP contribution is 2.40. The number of fused-ring (bicyclic) bond motifs is 1. The van der Waals surface area contributed by atoms with Gasteiger partial charge in [-0.2, -0.15) is 0 Å². The third-order valence-electron chi connectivity index (χ3n) is 3.65. The van der Waals surface area contributed by atoms with E-state index in [2.05, 4.69) is 19.1 Å². The Morgan fingerprint density at radius 1 is 1.44 bits per heavy atom. The summed E-state index contributed by atoms with van der Waals surface area (Å²) in [6, 6.07) is 4.27. The first-order chi connectivity index (χ1) is 7.77. The molecule has 2 heteroatoms. The van der Waals surface area contributed by atoms with Gasteiger partial charge in [0.25, 0.3) is 0 Å². The Balaban J connectivity index is 2.45. The Bertz CT molecular complexity index is 373. The van der Waals surface area contributed by atoms with E-state index in [0.717, 1.165) is 25.1 Å². The molecule has 0 heterocycles. The summed E-state index contributed by atoms with van der Waals surface area (Å²) in [4.78, 5) is 0. The Kier molecular flexibility index (Phi) is 3.49. The van der Waals surface area contributed by atoms with Gasteiger partial charge in [0.05, 0.1) is 7.11 Å². The van der Waals surface area contributed by atoms with Gasteiger partial charge in [-0.15, -0.1) is 0 Å². The van der Waals surface area contributed by atoms with E-state index in [0.29, 0.717) is 5.92 Å². The molecule has 0 bridgehead atoms. The van der Waals surface area contributed by atoms with Crippen LogP contribution in [0.3, 0.4) is 0 Å². The van der Waals surface area contributed by atoms with Gasteiger partial charge in [0.1, 0.15) is 5.75 Å². The van der Waals surface area contributed by atoms with Crippen molar-refractivity contribution in [2.24, 2.45) is 5.73 Å². The van der Waals surface area contributed by atoms with Crippen LogP contribution in [0.25, 0.3) is 0 Å². The van der Waals surface area contributed by atoms with Crippen LogP contribution in [0.4, 0.5) is 0 Å². The van der Waals surface area contributed by atoms with E-state index in [1.54, 1.807) is 7.11 Å². The smallest absolute Gasteiger partial charge is 0.122 e. The van der Waals surface area contributed by atoms with Crippen molar-refractivity contribution in [3.63, 3.8) is 0 Å². The number of nitrogens with two attached hydrogens (primary N) is 1. The van der Waals surface area contributed by atoms with Gasteiger partial charge < -0.3 is 10.5 Å². The first-order valence-corrected chi connectivity index (χ1v) is 6.14. The fourth-order valence-electron chi connectivity index (χ4n) is 2.94. The lowest BCUT2D eigenvalue weighted by molar-refractivity contribution is 0.401. The van der Waals surface area contributed by atoms with E-state index in [1.807, 2.05) is 0 Å². The average Bonchev–Trinajstić information content (AvgIpc) is 2.30. The van der Waals surface area contributed by atoms with Crippen LogP contribution in [0.15, 0.2) is 12.1 Å². The van der Waals surface area contributed by atoms with E-state index >= 15 is 0 Å². The number of ether oxygens (including phenoxy) is 1. The number of hydrogen-bond acceptors (Lipinski definition) is 2. The highest BCUT2D eigenvalue weighted by atomic mass is 16.5. The Hall–Kier alpha value is -1.02. The van der Waals surface area contributed by atoms with Crippen LogP contribution >= 0.6 is 0 Å². The van der Waals surface area contributed by atoms with Gasteiger partial charge in [0.2, 0.25) is 0 Å². The van der Waals surface area contributed by atoms with Crippen molar-refractivity contribution in [1.29, 1.82) is 0 Å². The van der Waals surface area contributed by atoms with E-state index in [4.69, 9.17) is 10.5 Å². The van der Waals surface area contributed by atoms with Crippen LogP contribution in [0, 0.1) is 6.92 Å². The second-order valence-electron chi connectivity index (χ2n) is 4.64. The molecule has 1 aromatic carbocycles. The van der Waals surface area contributed by atoms with Crippen molar-refractivity contribution < 1.29 is 4.74 Å². The normalized spacial score (nSPS) is 19.3. The van der Waals surface area contributed by atoms with Crippen molar-refractivity contribution in [2.45, 2.75) is 38.5 Å². The van der Waals surface area contributed by atoms with E-state index in [1.165, 1.54) is 29.5 Å². The third kappa shape index (κ3) is 1.94. The first kappa shape index (κ1) is 11.5. The summed E-state index contributed by atoms with van der Waals surface area (Å²) >= 11 is 0. The van der Waals surface area contributed by atoms with Crippen molar-refractivity contribution >= 4 is 0 Å². The number of methoxy groups -OCH3 is 1. The maximum atomic E-state index is 5.71. The van der Waals surface area contributed by atoms with E-state index in [9.17, 15) is 0 Å². The summed E-state index contributed by atoms with van der Waals surface area (Å²) in [7, 11) is 1.76.